The number of halogens is 1. The lowest BCUT2D eigenvalue weighted by molar-refractivity contribution is 0.129. The lowest BCUT2D eigenvalue weighted by Gasteiger charge is -2.14. The average Bonchev–Trinajstić information content (AvgIpc) is 3.03. The van der Waals surface area contributed by atoms with E-state index in [-0.39, 0.29) is 12.2 Å². The summed E-state index contributed by atoms with van der Waals surface area (Å²) < 4.78 is 8.21. The van der Waals surface area contributed by atoms with Crippen molar-refractivity contribution < 1.29 is 9.53 Å². The lowest BCUT2D eigenvalue weighted by Crippen LogP contribution is -2.26. The molecule has 2 aromatic rings. The summed E-state index contributed by atoms with van der Waals surface area (Å²) in [7, 11) is 0. The van der Waals surface area contributed by atoms with Crippen LogP contribution in [0.15, 0.2) is 30.6 Å². The molecular formula is C13H13IN4O2. The molecule has 1 aliphatic rings. The highest BCUT2D eigenvalue weighted by Crippen LogP contribution is 2.25. The molecule has 1 aliphatic heterocycles. The van der Waals surface area contributed by atoms with Gasteiger partial charge in [-0.3, -0.25) is 4.90 Å². The first-order chi connectivity index (χ1) is 9.63. The third-order valence-electron chi connectivity index (χ3n) is 3.19. The van der Waals surface area contributed by atoms with Crippen LogP contribution in [0.25, 0.3) is 0 Å². The number of amides is 1. The third kappa shape index (κ3) is 2.62. The minimum absolute atomic E-state index is 0.205. The molecule has 3 rings (SSSR count). The molecule has 0 spiro atoms. The van der Waals surface area contributed by atoms with Crippen molar-refractivity contribution in [3.8, 4) is 0 Å². The second kappa shape index (κ2) is 5.39. The summed E-state index contributed by atoms with van der Waals surface area (Å²) in [5.41, 5.74) is 2.02. The molecule has 1 fully saturated rings. The summed E-state index contributed by atoms with van der Waals surface area (Å²) in [6.07, 6.45) is 2.85. The second-order valence-corrected chi connectivity index (χ2v) is 5.84. The first-order valence-electron chi connectivity index (χ1n) is 6.22. The van der Waals surface area contributed by atoms with E-state index in [1.54, 1.807) is 22.0 Å². The molecule has 104 valence electrons. The third-order valence-corrected chi connectivity index (χ3v) is 4.40. The molecule has 0 bridgehead atoms. The van der Waals surface area contributed by atoms with Gasteiger partial charge in [0, 0.05) is 15.5 Å². The first kappa shape index (κ1) is 13.3. The largest absolute Gasteiger partial charge is 0.442 e. The molecule has 0 unspecified atom stereocenters. The molecule has 0 N–H and O–H groups in total. The summed E-state index contributed by atoms with van der Waals surface area (Å²) in [5.74, 6) is 0. The summed E-state index contributed by atoms with van der Waals surface area (Å²) in [4.78, 5) is 13.6. The highest BCUT2D eigenvalue weighted by Gasteiger charge is 2.32. The molecule has 1 amide bonds. The SMILES string of the molecule is Cc1cc(N2C[C@H](Cn3ccnn3)OC2=O)ccc1I. The molecular weight excluding hydrogens is 371 g/mol. The van der Waals surface area contributed by atoms with Gasteiger partial charge in [-0.1, -0.05) is 5.21 Å². The van der Waals surface area contributed by atoms with Gasteiger partial charge < -0.3 is 4.74 Å². The molecule has 7 heteroatoms. The maximum atomic E-state index is 12.0. The Morgan fingerprint density at radius 2 is 2.35 bits per heavy atom. The maximum Gasteiger partial charge on any atom is 0.414 e. The van der Waals surface area contributed by atoms with Crippen LogP contribution in [0.4, 0.5) is 10.5 Å². The van der Waals surface area contributed by atoms with E-state index >= 15 is 0 Å². The number of rotatable bonds is 3. The summed E-state index contributed by atoms with van der Waals surface area (Å²) in [6, 6.07) is 5.94. The fourth-order valence-electron chi connectivity index (χ4n) is 2.16. The quantitative estimate of drug-likeness (QED) is 0.762. The van der Waals surface area contributed by atoms with Gasteiger partial charge in [-0.15, -0.1) is 5.10 Å². The van der Waals surface area contributed by atoms with Gasteiger partial charge in [-0.2, -0.15) is 0 Å². The van der Waals surface area contributed by atoms with Gasteiger partial charge in [0.25, 0.3) is 0 Å². The van der Waals surface area contributed by atoms with Crippen molar-refractivity contribution >= 4 is 34.4 Å². The molecule has 0 saturated carbocycles. The van der Waals surface area contributed by atoms with Gasteiger partial charge in [0.15, 0.2) is 0 Å². The van der Waals surface area contributed by atoms with Crippen LogP contribution in [0.1, 0.15) is 5.56 Å². The smallest absolute Gasteiger partial charge is 0.414 e. The standard InChI is InChI=1S/C13H13IN4O2/c1-9-6-10(2-3-12(9)14)18-8-11(20-13(18)19)7-17-5-4-15-16-17/h2-6,11H,7-8H2,1H3/t11-/m0/s1. The Hall–Kier alpha value is -1.64. The van der Waals surface area contributed by atoms with Crippen molar-refractivity contribution in [3.05, 3.63) is 39.7 Å². The van der Waals surface area contributed by atoms with Crippen molar-refractivity contribution in [3.63, 3.8) is 0 Å². The second-order valence-electron chi connectivity index (χ2n) is 4.67. The van der Waals surface area contributed by atoms with Crippen molar-refractivity contribution in [2.45, 2.75) is 19.6 Å². The van der Waals surface area contributed by atoms with Crippen LogP contribution < -0.4 is 4.90 Å². The van der Waals surface area contributed by atoms with Crippen LogP contribution in [-0.2, 0) is 11.3 Å². The number of ether oxygens (including phenoxy) is 1. The van der Waals surface area contributed by atoms with Crippen molar-refractivity contribution in [2.75, 3.05) is 11.4 Å². The highest BCUT2D eigenvalue weighted by atomic mass is 127. The normalized spacial score (nSPS) is 18.4. The molecule has 0 radical (unpaired) electrons. The predicted octanol–water partition coefficient (Wildman–Crippen LogP) is 2.22. The zero-order valence-electron chi connectivity index (χ0n) is 10.9. The van der Waals surface area contributed by atoms with E-state index in [0.717, 1.165) is 11.3 Å². The van der Waals surface area contributed by atoms with Crippen LogP contribution in [0.3, 0.4) is 0 Å². The van der Waals surface area contributed by atoms with E-state index in [1.165, 1.54) is 3.57 Å². The lowest BCUT2D eigenvalue weighted by atomic mass is 10.2. The molecule has 1 aromatic heterocycles. The van der Waals surface area contributed by atoms with Crippen LogP contribution in [0.5, 0.6) is 0 Å². The molecule has 1 aromatic carbocycles. The maximum absolute atomic E-state index is 12.0. The van der Waals surface area contributed by atoms with E-state index in [9.17, 15) is 4.79 Å². The van der Waals surface area contributed by atoms with Gasteiger partial charge in [0.2, 0.25) is 0 Å². The number of anilines is 1. The van der Waals surface area contributed by atoms with Gasteiger partial charge in [0.05, 0.1) is 19.3 Å². The van der Waals surface area contributed by atoms with Crippen molar-refractivity contribution in [1.29, 1.82) is 0 Å². The number of cyclic esters (lactones) is 1. The van der Waals surface area contributed by atoms with Crippen LogP contribution in [0.2, 0.25) is 0 Å². The van der Waals surface area contributed by atoms with E-state index in [1.807, 2.05) is 25.1 Å². The number of carbonyl (C=O) groups is 1. The molecule has 6 nitrogen and oxygen atoms in total. The number of hydrogen-bond acceptors (Lipinski definition) is 4. The van der Waals surface area contributed by atoms with Crippen molar-refractivity contribution in [2.24, 2.45) is 0 Å². The molecule has 20 heavy (non-hydrogen) atoms. The Bertz CT molecular complexity index is 629. The number of nitrogens with zero attached hydrogens (tertiary/aromatic N) is 4. The summed E-state index contributed by atoms with van der Waals surface area (Å²) >= 11 is 2.27. The number of hydrogen-bond donors (Lipinski definition) is 0. The van der Waals surface area contributed by atoms with Gasteiger partial charge in [-0.25, -0.2) is 9.48 Å². The molecule has 1 saturated heterocycles. The first-order valence-corrected chi connectivity index (χ1v) is 7.30. The molecule has 0 aliphatic carbocycles. The minimum atomic E-state index is -0.310. The predicted molar refractivity (Wildman–Crippen MR) is 81.5 cm³/mol. The number of carbonyl (C=O) groups excluding carboxylic acids is 1. The average molecular weight is 384 g/mol. The minimum Gasteiger partial charge on any atom is -0.442 e. The Balaban J connectivity index is 1.75. The summed E-state index contributed by atoms with van der Waals surface area (Å²) in [6.45, 7) is 3.07. The van der Waals surface area contributed by atoms with Gasteiger partial charge in [-0.05, 0) is 53.3 Å². The molecule has 1 atom stereocenters. The van der Waals surface area contributed by atoms with Crippen LogP contribution in [0, 0.1) is 10.5 Å². The van der Waals surface area contributed by atoms with Gasteiger partial charge >= 0.3 is 6.09 Å². The fraction of sp³-hybridized carbons (Fsp3) is 0.308. The number of benzene rings is 1. The number of aromatic nitrogens is 3. The summed E-state index contributed by atoms with van der Waals surface area (Å²) in [5, 5.41) is 7.62. The fourth-order valence-corrected chi connectivity index (χ4v) is 2.50. The van der Waals surface area contributed by atoms with E-state index in [4.69, 9.17) is 4.74 Å². The van der Waals surface area contributed by atoms with E-state index in [2.05, 4.69) is 32.9 Å². The Kier molecular flexibility index (Phi) is 3.60. The van der Waals surface area contributed by atoms with Crippen molar-refractivity contribution in [1.82, 2.24) is 15.0 Å². The van der Waals surface area contributed by atoms with E-state index < -0.39 is 0 Å². The Morgan fingerprint density at radius 3 is 3.05 bits per heavy atom. The van der Waals surface area contributed by atoms with Gasteiger partial charge in [0.1, 0.15) is 6.10 Å². The number of aryl methyl sites for hydroxylation is 1. The van der Waals surface area contributed by atoms with E-state index in [0.29, 0.717) is 13.1 Å². The Labute approximate surface area is 129 Å². The topological polar surface area (TPSA) is 60.3 Å². The monoisotopic (exact) mass is 384 g/mol. The van der Waals surface area contributed by atoms with Crippen LogP contribution >= 0.6 is 22.6 Å². The molecule has 2 heterocycles. The highest BCUT2D eigenvalue weighted by molar-refractivity contribution is 14.1. The Morgan fingerprint density at radius 1 is 1.50 bits per heavy atom. The van der Waals surface area contributed by atoms with Crippen LogP contribution in [-0.4, -0.2) is 33.7 Å². The zero-order valence-corrected chi connectivity index (χ0v) is 13.0. The zero-order chi connectivity index (χ0) is 14.1.